The van der Waals surface area contributed by atoms with Gasteiger partial charge in [0.2, 0.25) is 5.56 Å². The highest BCUT2D eigenvalue weighted by Gasteiger charge is 2.20. The molecular weight excluding hydrogens is 388 g/mol. The number of benzene rings is 3. The number of ether oxygens (including phenoxy) is 1. The Morgan fingerprint density at radius 2 is 1.77 bits per heavy atom. The molecule has 3 aromatic carbocycles. The highest BCUT2D eigenvalue weighted by atomic mass is 16.5. The van der Waals surface area contributed by atoms with Crippen LogP contribution in [0.4, 0.5) is 5.69 Å². The lowest BCUT2D eigenvalue weighted by Crippen LogP contribution is -2.18. The topological polar surface area (TPSA) is 71.2 Å². The summed E-state index contributed by atoms with van der Waals surface area (Å²) in [5.41, 5.74) is 2.43. The van der Waals surface area contributed by atoms with E-state index in [2.05, 4.69) is 31.1 Å². The van der Waals surface area contributed by atoms with E-state index in [0.717, 1.165) is 21.7 Å². The molecule has 2 N–H and O–H groups in total. The van der Waals surface area contributed by atoms with Gasteiger partial charge < -0.3 is 15.0 Å². The molecule has 1 aromatic heterocycles. The van der Waals surface area contributed by atoms with Crippen LogP contribution in [0.3, 0.4) is 0 Å². The van der Waals surface area contributed by atoms with Crippen molar-refractivity contribution in [2.45, 2.75) is 33.1 Å². The zero-order valence-corrected chi connectivity index (χ0v) is 18.2. The van der Waals surface area contributed by atoms with E-state index in [0.29, 0.717) is 29.1 Å². The van der Waals surface area contributed by atoms with Crippen molar-refractivity contribution in [3.63, 3.8) is 0 Å². The van der Waals surface area contributed by atoms with E-state index in [4.69, 9.17) is 4.74 Å². The van der Waals surface area contributed by atoms with E-state index >= 15 is 0 Å². The van der Waals surface area contributed by atoms with Gasteiger partial charge in [-0.1, -0.05) is 57.2 Å². The number of carbonyl (C=O) groups is 1. The average molecular weight is 415 g/mol. The third-order valence-electron chi connectivity index (χ3n) is 5.33. The largest absolute Gasteiger partial charge is 0.493 e. The Morgan fingerprint density at radius 3 is 2.52 bits per heavy atom. The molecule has 0 aliphatic rings. The van der Waals surface area contributed by atoms with Gasteiger partial charge in [0.1, 0.15) is 5.75 Å². The number of aromatic nitrogens is 1. The van der Waals surface area contributed by atoms with Crippen LogP contribution in [0, 0.1) is 0 Å². The average Bonchev–Trinajstić information content (AvgIpc) is 2.72. The SMILES string of the molecule is CCOc1ccc2ccccc2c1C(=O)Nc1ccc2c(C(C)(C)C)cc(=O)[nH]c2c1. The maximum atomic E-state index is 13.3. The molecule has 0 saturated heterocycles. The molecule has 31 heavy (non-hydrogen) atoms. The summed E-state index contributed by atoms with van der Waals surface area (Å²) in [6, 6.07) is 18.8. The second kappa shape index (κ2) is 7.91. The van der Waals surface area contributed by atoms with Gasteiger partial charge in [-0.3, -0.25) is 9.59 Å². The Kier molecular flexibility index (Phi) is 5.27. The molecule has 0 atom stereocenters. The molecule has 0 radical (unpaired) electrons. The van der Waals surface area contributed by atoms with Crippen LogP contribution in [0.25, 0.3) is 21.7 Å². The second-order valence-electron chi connectivity index (χ2n) is 8.60. The molecular formula is C26H26N2O3. The summed E-state index contributed by atoms with van der Waals surface area (Å²) >= 11 is 0. The van der Waals surface area contributed by atoms with E-state index < -0.39 is 0 Å². The number of hydrogen-bond donors (Lipinski definition) is 2. The fourth-order valence-electron chi connectivity index (χ4n) is 3.91. The molecule has 0 saturated carbocycles. The van der Waals surface area contributed by atoms with E-state index in [9.17, 15) is 9.59 Å². The van der Waals surface area contributed by atoms with Gasteiger partial charge in [-0.25, -0.2) is 0 Å². The fourth-order valence-corrected chi connectivity index (χ4v) is 3.91. The summed E-state index contributed by atoms with van der Waals surface area (Å²) in [5.74, 6) is 0.289. The van der Waals surface area contributed by atoms with Crippen LogP contribution >= 0.6 is 0 Å². The van der Waals surface area contributed by atoms with E-state index in [1.807, 2.05) is 55.5 Å². The summed E-state index contributed by atoms with van der Waals surface area (Å²) in [4.78, 5) is 28.4. The minimum atomic E-state index is -0.256. The zero-order valence-electron chi connectivity index (χ0n) is 18.2. The van der Waals surface area contributed by atoms with Crippen molar-refractivity contribution in [3.8, 4) is 5.75 Å². The van der Waals surface area contributed by atoms with Crippen LogP contribution in [0.5, 0.6) is 5.75 Å². The van der Waals surface area contributed by atoms with Crippen LogP contribution in [-0.2, 0) is 5.41 Å². The Balaban J connectivity index is 1.77. The van der Waals surface area contributed by atoms with Crippen molar-refractivity contribution in [1.29, 1.82) is 0 Å². The third kappa shape index (κ3) is 4.04. The number of H-pyrrole nitrogens is 1. The number of carbonyl (C=O) groups excluding carboxylic acids is 1. The lowest BCUT2D eigenvalue weighted by atomic mass is 9.85. The molecule has 4 aromatic rings. The minimum absolute atomic E-state index is 0.159. The first-order valence-electron chi connectivity index (χ1n) is 10.4. The fraction of sp³-hybridized carbons (Fsp3) is 0.231. The van der Waals surface area contributed by atoms with Crippen molar-refractivity contribution >= 4 is 33.3 Å². The third-order valence-corrected chi connectivity index (χ3v) is 5.33. The quantitative estimate of drug-likeness (QED) is 0.455. The summed E-state index contributed by atoms with van der Waals surface area (Å²) in [6.45, 7) is 8.58. The standard InChI is InChI=1S/C26H26N2O3/c1-5-31-22-13-10-16-8-6-7-9-18(16)24(22)25(30)27-17-11-12-19-20(26(2,3)4)15-23(29)28-21(19)14-17/h6-15H,5H2,1-4H3,(H,27,30)(H,28,29). The summed E-state index contributed by atoms with van der Waals surface area (Å²) in [5, 5.41) is 5.74. The van der Waals surface area contributed by atoms with E-state index in [1.165, 1.54) is 0 Å². The lowest BCUT2D eigenvalue weighted by Gasteiger charge is -2.21. The lowest BCUT2D eigenvalue weighted by molar-refractivity contribution is 0.102. The van der Waals surface area contributed by atoms with Crippen LogP contribution in [0.15, 0.2) is 65.5 Å². The smallest absolute Gasteiger partial charge is 0.260 e. The highest BCUT2D eigenvalue weighted by molar-refractivity contribution is 6.15. The molecule has 0 fully saturated rings. The predicted molar refractivity (Wildman–Crippen MR) is 126 cm³/mol. The van der Waals surface area contributed by atoms with Crippen molar-refractivity contribution < 1.29 is 9.53 Å². The minimum Gasteiger partial charge on any atom is -0.493 e. The van der Waals surface area contributed by atoms with Crippen LogP contribution in [-0.4, -0.2) is 17.5 Å². The van der Waals surface area contributed by atoms with Crippen molar-refractivity contribution in [3.05, 3.63) is 82.1 Å². The van der Waals surface area contributed by atoms with Gasteiger partial charge in [0.05, 0.1) is 17.7 Å². The molecule has 4 rings (SSSR count). The number of rotatable bonds is 4. The highest BCUT2D eigenvalue weighted by Crippen LogP contribution is 2.31. The molecule has 0 unspecified atom stereocenters. The summed E-state index contributed by atoms with van der Waals surface area (Å²) < 4.78 is 5.73. The number of amides is 1. The van der Waals surface area contributed by atoms with Gasteiger partial charge in [0.15, 0.2) is 0 Å². The zero-order chi connectivity index (χ0) is 22.2. The molecule has 0 bridgehead atoms. The van der Waals surface area contributed by atoms with Crippen LogP contribution in [0.2, 0.25) is 0 Å². The molecule has 0 aliphatic carbocycles. The summed E-state index contributed by atoms with van der Waals surface area (Å²) in [6.07, 6.45) is 0. The van der Waals surface area contributed by atoms with Gasteiger partial charge in [-0.2, -0.15) is 0 Å². The number of aromatic amines is 1. The second-order valence-corrected chi connectivity index (χ2v) is 8.60. The van der Waals surface area contributed by atoms with Gasteiger partial charge in [-0.15, -0.1) is 0 Å². The Morgan fingerprint density at radius 1 is 1.00 bits per heavy atom. The monoisotopic (exact) mass is 414 g/mol. The molecule has 5 nitrogen and oxygen atoms in total. The van der Waals surface area contributed by atoms with Gasteiger partial charge >= 0.3 is 0 Å². The Hall–Kier alpha value is -3.60. The maximum absolute atomic E-state index is 13.3. The number of fused-ring (bicyclic) bond motifs is 2. The van der Waals surface area contributed by atoms with Gasteiger partial charge in [-0.05, 0) is 46.9 Å². The molecule has 1 heterocycles. The van der Waals surface area contributed by atoms with Crippen LogP contribution < -0.4 is 15.6 Å². The number of pyridine rings is 1. The number of anilines is 1. The molecule has 5 heteroatoms. The number of hydrogen-bond acceptors (Lipinski definition) is 3. The van der Waals surface area contributed by atoms with Gasteiger partial charge in [0, 0.05) is 17.1 Å². The first kappa shape index (κ1) is 20.7. The first-order valence-corrected chi connectivity index (χ1v) is 10.4. The van der Waals surface area contributed by atoms with Crippen molar-refractivity contribution in [2.75, 3.05) is 11.9 Å². The van der Waals surface area contributed by atoms with Crippen molar-refractivity contribution in [1.82, 2.24) is 4.98 Å². The Labute approximate surface area is 181 Å². The predicted octanol–water partition coefficient (Wildman–Crippen LogP) is 5.63. The molecule has 1 amide bonds. The molecule has 0 spiro atoms. The molecule has 0 aliphatic heterocycles. The number of nitrogens with one attached hydrogen (secondary N) is 2. The van der Waals surface area contributed by atoms with E-state index in [1.54, 1.807) is 12.1 Å². The van der Waals surface area contributed by atoms with E-state index in [-0.39, 0.29) is 16.9 Å². The molecule has 158 valence electrons. The normalized spacial score (nSPS) is 11.6. The van der Waals surface area contributed by atoms with Crippen LogP contribution in [0.1, 0.15) is 43.6 Å². The Bertz CT molecular complexity index is 1350. The van der Waals surface area contributed by atoms with Crippen molar-refractivity contribution in [2.24, 2.45) is 0 Å². The summed E-state index contributed by atoms with van der Waals surface area (Å²) in [7, 11) is 0. The maximum Gasteiger partial charge on any atom is 0.260 e. The van der Waals surface area contributed by atoms with Gasteiger partial charge in [0.25, 0.3) is 5.91 Å². The first-order chi connectivity index (χ1) is 14.8.